The van der Waals surface area contributed by atoms with Crippen molar-refractivity contribution in [1.29, 1.82) is 0 Å². The molecule has 0 aliphatic carbocycles. The second-order valence-electron chi connectivity index (χ2n) is 13.6. The van der Waals surface area contributed by atoms with Crippen LogP contribution >= 0.6 is 0 Å². The van der Waals surface area contributed by atoms with Crippen LogP contribution in [0.4, 0.5) is 4.79 Å². The Hall–Kier alpha value is -3.88. The molecule has 2 aromatic carbocycles. The van der Waals surface area contributed by atoms with Crippen LogP contribution < -0.4 is 10.6 Å². The van der Waals surface area contributed by atoms with E-state index in [9.17, 15) is 19.2 Å². The number of carbonyl (C=O) groups excluding carboxylic acids is 4. The van der Waals surface area contributed by atoms with Crippen molar-refractivity contribution in [1.82, 2.24) is 15.5 Å². The van der Waals surface area contributed by atoms with Crippen molar-refractivity contribution >= 4 is 23.9 Å². The van der Waals surface area contributed by atoms with E-state index in [1.165, 1.54) is 4.90 Å². The summed E-state index contributed by atoms with van der Waals surface area (Å²) >= 11 is 0. The zero-order valence-electron chi connectivity index (χ0n) is 28.9. The predicted molar refractivity (Wildman–Crippen MR) is 177 cm³/mol. The van der Waals surface area contributed by atoms with Gasteiger partial charge in [0, 0.05) is 13.0 Å². The van der Waals surface area contributed by atoms with Gasteiger partial charge in [0.05, 0.1) is 0 Å². The number of nitrogens with zero attached hydrogens (tertiary/aromatic N) is 1. The van der Waals surface area contributed by atoms with E-state index in [0.29, 0.717) is 12.0 Å². The molecule has 0 radical (unpaired) electrons. The number of nitrogens with one attached hydrogen (secondary N) is 2. The summed E-state index contributed by atoms with van der Waals surface area (Å²) in [4.78, 5) is 56.6. The second kappa shape index (κ2) is 15.9. The first kappa shape index (κ1) is 37.3. The standard InChI is InChI=1S/C36H53N3O6/c1-12-23(3)29(38-34(43)45-36(9,10)11)32(41)39(13-2)30(27-21-17-18-24(4)25(27)5)31(40)37-28(33(42)44-35(6,7)8)22-26-19-15-14-16-20-26/h14-21,23,28-30H,12-13,22H2,1-11H3,(H,37,40)(H,38,43). The summed E-state index contributed by atoms with van der Waals surface area (Å²) in [5, 5.41) is 5.71. The van der Waals surface area contributed by atoms with Crippen LogP contribution in [0.5, 0.6) is 0 Å². The minimum absolute atomic E-state index is 0.170. The third kappa shape index (κ3) is 11.2. The van der Waals surface area contributed by atoms with E-state index in [4.69, 9.17) is 9.47 Å². The smallest absolute Gasteiger partial charge is 0.408 e. The predicted octanol–water partition coefficient (Wildman–Crippen LogP) is 6.20. The number of likely N-dealkylation sites (N-methyl/N-ethyl adjacent to an activating group) is 1. The van der Waals surface area contributed by atoms with Gasteiger partial charge in [-0.3, -0.25) is 9.59 Å². The maximum absolute atomic E-state index is 14.4. The van der Waals surface area contributed by atoms with Gasteiger partial charge in [-0.05, 0) is 90.5 Å². The van der Waals surface area contributed by atoms with Gasteiger partial charge in [-0.25, -0.2) is 9.59 Å². The van der Waals surface area contributed by atoms with Crippen molar-refractivity contribution in [3.05, 3.63) is 70.8 Å². The minimum atomic E-state index is -1.09. The van der Waals surface area contributed by atoms with E-state index in [2.05, 4.69) is 10.6 Å². The highest BCUT2D eigenvalue weighted by Gasteiger charge is 2.39. The number of ether oxygens (including phenoxy) is 2. The van der Waals surface area contributed by atoms with Crippen LogP contribution in [0.1, 0.15) is 97.0 Å². The summed E-state index contributed by atoms with van der Waals surface area (Å²) in [5.74, 6) is -1.77. The van der Waals surface area contributed by atoms with Crippen molar-refractivity contribution in [3.63, 3.8) is 0 Å². The monoisotopic (exact) mass is 623 g/mol. The van der Waals surface area contributed by atoms with Crippen LogP contribution in [0.25, 0.3) is 0 Å². The summed E-state index contributed by atoms with van der Waals surface area (Å²) in [5.41, 5.74) is 1.75. The lowest BCUT2D eigenvalue weighted by Crippen LogP contribution is -2.56. The normalized spacial score (nSPS) is 14.4. The number of aryl methyl sites for hydroxylation is 1. The number of hydrogen-bond acceptors (Lipinski definition) is 6. The van der Waals surface area contributed by atoms with E-state index in [0.717, 1.165) is 16.7 Å². The van der Waals surface area contributed by atoms with Gasteiger partial charge in [0.25, 0.3) is 0 Å². The van der Waals surface area contributed by atoms with Gasteiger partial charge in [0.1, 0.15) is 29.3 Å². The Balaban J connectivity index is 2.60. The Morgan fingerprint density at radius 2 is 1.42 bits per heavy atom. The molecule has 0 saturated heterocycles. The Morgan fingerprint density at radius 3 is 1.96 bits per heavy atom. The van der Waals surface area contributed by atoms with Gasteiger partial charge in [0.2, 0.25) is 11.8 Å². The summed E-state index contributed by atoms with van der Waals surface area (Å²) < 4.78 is 11.2. The highest BCUT2D eigenvalue weighted by atomic mass is 16.6. The van der Waals surface area contributed by atoms with Crippen LogP contribution in [-0.4, -0.2) is 58.6 Å². The zero-order chi connectivity index (χ0) is 34.1. The molecule has 9 nitrogen and oxygen atoms in total. The molecule has 4 atom stereocenters. The molecule has 2 aromatic rings. The minimum Gasteiger partial charge on any atom is -0.458 e. The maximum Gasteiger partial charge on any atom is 0.408 e. The first-order chi connectivity index (χ1) is 20.9. The summed E-state index contributed by atoms with van der Waals surface area (Å²) in [6.07, 6.45) is 0.0939. The third-order valence-electron chi connectivity index (χ3n) is 7.57. The van der Waals surface area contributed by atoms with E-state index in [-0.39, 0.29) is 18.9 Å². The fourth-order valence-electron chi connectivity index (χ4n) is 4.95. The Labute approximate surface area is 269 Å². The molecule has 0 fully saturated rings. The lowest BCUT2D eigenvalue weighted by atomic mass is 9.92. The van der Waals surface area contributed by atoms with Crippen LogP contribution in [0.2, 0.25) is 0 Å². The Kier molecular flexibility index (Phi) is 13.2. The second-order valence-corrected chi connectivity index (χ2v) is 13.6. The third-order valence-corrected chi connectivity index (χ3v) is 7.57. The zero-order valence-corrected chi connectivity index (χ0v) is 28.9. The quantitative estimate of drug-likeness (QED) is 0.272. The molecule has 0 aliphatic heterocycles. The summed E-state index contributed by atoms with van der Waals surface area (Å²) in [6.45, 7) is 20.2. The lowest BCUT2D eigenvalue weighted by Gasteiger charge is -2.36. The van der Waals surface area contributed by atoms with Gasteiger partial charge in [-0.1, -0.05) is 68.8 Å². The molecule has 4 unspecified atom stereocenters. The summed E-state index contributed by atoms with van der Waals surface area (Å²) in [7, 11) is 0. The van der Waals surface area contributed by atoms with Crippen LogP contribution in [-0.2, 0) is 30.3 Å². The van der Waals surface area contributed by atoms with Crippen LogP contribution in [0.3, 0.4) is 0 Å². The molecule has 9 heteroatoms. The molecule has 0 aliphatic rings. The molecule has 2 N–H and O–H groups in total. The number of rotatable bonds is 12. The Morgan fingerprint density at radius 1 is 0.822 bits per heavy atom. The van der Waals surface area contributed by atoms with E-state index in [1.54, 1.807) is 48.5 Å². The molecule has 248 valence electrons. The largest absolute Gasteiger partial charge is 0.458 e. The number of hydrogen-bond donors (Lipinski definition) is 2. The van der Waals surface area contributed by atoms with E-state index >= 15 is 0 Å². The molecule has 45 heavy (non-hydrogen) atoms. The molecule has 2 rings (SSSR count). The lowest BCUT2D eigenvalue weighted by molar-refractivity contribution is -0.159. The van der Waals surface area contributed by atoms with Crippen molar-refractivity contribution in [2.75, 3.05) is 6.54 Å². The fraction of sp³-hybridized carbons (Fsp3) is 0.556. The molecular weight excluding hydrogens is 570 g/mol. The average molecular weight is 624 g/mol. The molecule has 0 bridgehead atoms. The molecular formula is C36H53N3O6. The van der Waals surface area contributed by atoms with Gasteiger partial charge in [0.15, 0.2) is 0 Å². The molecule has 0 spiro atoms. The fourth-order valence-corrected chi connectivity index (χ4v) is 4.95. The number of benzene rings is 2. The van der Waals surface area contributed by atoms with Crippen LogP contribution in [0, 0.1) is 19.8 Å². The van der Waals surface area contributed by atoms with E-state index < -0.39 is 53.2 Å². The highest BCUT2D eigenvalue weighted by molar-refractivity contribution is 5.94. The Bertz CT molecular complexity index is 1310. The number of carbonyl (C=O) groups is 4. The SMILES string of the molecule is CCC(C)C(NC(=O)OC(C)(C)C)C(=O)N(CC)C(C(=O)NC(Cc1ccccc1)C(=O)OC(C)(C)C)c1cccc(C)c1C. The first-order valence-corrected chi connectivity index (χ1v) is 15.8. The number of esters is 1. The van der Waals surface area contributed by atoms with Crippen molar-refractivity contribution in [2.24, 2.45) is 5.92 Å². The molecule has 0 aromatic heterocycles. The average Bonchev–Trinajstić information content (AvgIpc) is 2.94. The molecule has 0 heterocycles. The van der Waals surface area contributed by atoms with Crippen molar-refractivity contribution < 1.29 is 28.7 Å². The first-order valence-electron chi connectivity index (χ1n) is 15.8. The maximum atomic E-state index is 14.4. The van der Waals surface area contributed by atoms with Gasteiger partial charge < -0.3 is 25.0 Å². The van der Waals surface area contributed by atoms with Crippen molar-refractivity contribution in [3.8, 4) is 0 Å². The van der Waals surface area contributed by atoms with Gasteiger partial charge >= 0.3 is 12.1 Å². The van der Waals surface area contributed by atoms with Gasteiger partial charge in [-0.2, -0.15) is 0 Å². The molecule has 3 amide bonds. The summed E-state index contributed by atoms with van der Waals surface area (Å²) in [6, 6.07) is 11.9. The number of amides is 3. The highest BCUT2D eigenvalue weighted by Crippen LogP contribution is 2.29. The van der Waals surface area contributed by atoms with Gasteiger partial charge in [-0.15, -0.1) is 0 Å². The van der Waals surface area contributed by atoms with E-state index in [1.807, 2.05) is 76.2 Å². The number of alkyl carbamates (subject to hydrolysis) is 1. The van der Waals surface area contributed by atoms with Crippen LogP contribution in [0.15, 0.2) is 48.5 Å². The topological polar surface area (TPSA) is 114 Å². The van der Waals surface area contributed by atoms with Crippen molar-refractivity contribution in [2.45, 2.75) is 118 Å². The molecule has 0 saturated carbocycles.